The molecule has 0 saturated carbocycles. The predicted octanol–water partition coefficient (Wildman–Crippen LogP) is 4.70. The normalized spacial score (nSPS) is 17.8. The molecule has 0 spiro atoms. The molecule has 3 aromatic rings. The van der Waals surface area contributed by atoms with E-state index in [0.717, 1.165) is 10.4 Å². The number of ether oxygens (including phenoxy) is 2. The summed E-state index contributed by atoms with van der Waals surface area (Å²) in [6, 6.07) is 15.0. The smallest absolute Gasteiger partial charge is 0.300 e. The number of methoxy groups -OCH3 is 2. The summed E-state index contributed by atoms with van der Waals surface area (Å²) in [4.78, 5) is 28.4. The molecule has 31 heavy (non-hydrogen) atoms. The fourth-order valence-corrected chi connectivity index (χ4v) is 4.58. The zero-order valence-electron chi connectivity index (χ0n) is 17.3. The molecule has 1 aliphatic heterocycles. The first kappa shape index (κ1) is 20.7. The van der Waals surface area contributed by atoms with Gasteiger partial charge in [-0.25, -0.2) is 0 Å². The summed E-state index contributed by atoms with van der Waals surface area (Å²) < 4.78 is 10.6. The molecule has 4 rings (SSSR count). The van der Waals surface area contributed by atoms with Crippen molar-refractivity contribution in [3.63, 3.8) is 0 Å². The van der Waals surface area contributed by atoms with Crippen molar-refractivity contribution in [2.75, 3.05) is 19.1 Å². The number of hydrogen-bond donors (Lipinski definition) is 1. The number of thiophene rings is 1. The second-order valence-corrected chi connectivity index (χ2v) is 8.05. The van der Waals surface area contributed by atoms with E-state index in [9.17, 15) is 14.7 Å². The Morgan fingerprint density at radius 3 is 2.48 bits per heavy atom. The van der Waals surface area contributed by atoms with Crippen LogP contribution in [0.15, 0.2) is 65.6 Å². The highest BCUT2D eigenvalue weighted by atomic mass is 32.1. The van der Waals surface area contributed by atoms with E-state index < -0.39 is 17.7 Å². The number of nitrogens with zero attached hydrogens (tertiary/aromatic N) is 1. The van der Waals surface area contributed by atoms with Crippen molar-refractivity contribution in [3.05, 3.63) is 81.6 Å². The van der Waals surface area contributed by atoms with Crippen LogP contribution < -0.4 is 14.4 Å². The van der Waals surface area contributed by atoms with E-state index in [1.54, 1.807) is 49.6 Å². The maximum absolute atomic E-state index is 13.1. The van der Waals surface area contributed by atoms with Crippen LogP contribution in [0.5, 0.6) is 11.5 Å². The van der Waals surface area contributed by atoms with Crippen molar-refractivity contribution in [1.29, 1.82) is 0 Å². The van der Waals surface area contributed by atoms with Crippen LogP contribution in [-0.4, -0.2) is 31.0 Å². The minimum atomic E-state index is -0.741. The molecule has 0 aliphatic carbocycles. The Labute approximate surface area is 184 Å². The molecule has 1 aliphatic rings. The molecular weight excluding hydrogens is 414 g/mol. The number of carbonyl (C=O) groups is 2. The summed E-state index contributed by atoms with van der Waals surface area (Å²) >= 11 is 1.42. The van der Waals surface area contributed by atoms with Gasteiger partial charge in [-0.3, -0.25) is 14.5 Å². The Balaban J connectivity index is 1.91. The molecule has 1 amide bonds. The third-order valence-corrected chi connectivity index (χ3v) is 6.18. The van der Waals surface area contributed by atoms with Crippen LogP contribution in [0.4, 0.5) is 5.69 Å². The van der Waals surface area contributed by atoms with Gasteiger partial charge in [0.1, 0.15) is 23.3 Å². The molecule has 1 unspecified atom stereocenters. The fourth-order valence-electron chi connectivity index (χ4n) is 3.76. The largest absolute Gasteiger partial charge is 0.507 e. The Kier molecular flexibility index (Phi) is 5.52. The molecule has 1 atom stereocenters. The maximum atomic E-state index is 13.1. The van der Waals surface area contributed by atoms with E-state index in [-0.39, 0.29) is 11.3 Å². The number of aryl methyl sites for hydroxylation is 1. The van der Waals surface area contributed by atoms with Gasteiger partial charge in [-0.15, -0.1) is 11.3 Å². The Hall–Kier alpha value is -3.58. The lowest BCUT2D eigenvalue weighted by atomic mass is 9.98. The zero-order valence-corrected chi connectivity index (χ0v) is 18.1. The SMILES string of the molecule is COc1cccc(N2C(=O)C(=O)/C(=C(\O)c3ccc(OC)c(C)c3)C2c2cccs2)c1. The summed E-state index contributed by atoms with van der Waals surface area (Å²) in [6.45, 7) is 1.85. The zero-order chi connectivity index (χ0) is 22.1. The highest BCUT2D eigenvalue weighted by molar-refractivity contribution is 7.10. The monoisotopic (exact) mass is 435 g/mol. The van der Waals surface area contributed by atoms with Crippen LogP contribution in [0, 0.1) is 6.92 Å². The first-order chi connectivity index (χ1) is 15.0. The quantitative estimate of drug-likeness (QED) is 0.357. The molecule has 1 N–H and O–H groups in total. The minimum absolute atomic E-state index is 0.0554. The van der Waals surface area contributed by atoms with E-state index in [2.05, 4.69) is 0 Å². The first-order valence-electron chi connectivity index (χ1n) is 9.59. The maximum Gasteiger partial charge on any atom is 0.300 e. The second-order valence-electron chi connectivity index (χ2n) is 7.07. The summed E-state index contributed by atoms with van der Waals surface area (Å²) in [5.41, 5.74) is 1.83. The third kappa shape index (κ3) is 3.57. The molecule has 6 nitrogen and oxygen atoms in total. The minimum Gasteiger partial charge on any atom is -0.507 e. The van der Waals surface area contributed by atoms with Gasteiger partial charge in [0.2, 0.25) is 0 Å². The molecule has 7 heteroatoms. The summed E-state index contributed by atoms with van der Waals surface area (Å²) in [6.07, 6.45) is 0. The van der Waals surface area contributed by atoms with E-state index in [1.165, 1.54) is 23.3 Å². The van der Waals surface area contributed by atoms with Crippen LogP contribution in [0.3, 0.4) is 0 Å². The van der Waals surface area contributed by atoms with Crippen LogP contribution in [0.1, 0.15) is 22.0 Å². The van der Waals surface area contributed by atoms with Crippen LogP contribution in [0.2, 0.25) is 0 Å². The van der Waals surface area contributed by atoms with Crippen LogP contribution >= 0.6 is 11.3 Å². The highest BCUT2D eigenvalue weighted by Crippen LogP contribution is 2.44. The number of amides is 1. The van der Waals surface area contributed by atoms with Crippen molar-refractivity contribution in [3.8, 4) is 11.5 Å². The molecule has 1 fully saturated rings. The lowest BCUT2D eigenvalue weighted by molar-refractivity contribution is -0.132. The summed E-state index contributed by atoms with van der Waals surface area (Å²) in [5.74, 6) is -0.406. The molecule has 2 heterocycles. The van der Waals surface area contributed by atoms with Crippen LogP contribution in [-0.2, 0) is 9.59 Å². The van der Waals surface area contributed by atoms with Crippen molar-refractivity contribution in [2.24, 2.45) is 0 Å². The number of Topliss-reactive ketones (excluding diaryl/α,β-unsaturated/α-hetero) is 1. The standard InChI is InChI=1S/C24H21NO5S/c1-14-12-15(9-10-18(14)30-3)22(26)20-21(19-8-5-11-31-19)25(24(28)23(20)27)16-6-4-7-17(13-16)29-2/h4-13,21,26H,1-3H3/b22-20-. The number of anilines is 1. The predicted molar refractivity (Wildman–Crippen MR) is 120 cm³/mol. The van der Waals surface area contributed by atoms with E-state index in [4.69, 9.17) is 9.47 Å². The number of ketones is 1. The topological polar surface area (TPSA) is 76.1 Å². The molecular formula is C24H21NO5S. The van der Waals surface area contributed by atoms with Gasteiger partial charge in [0.15, 0.2) is 0 Å². The molecule has 1 saturated heterocycles. The number of hydrogen-bond acceptors (Lipinski definition) is 6. The van der Waals surface area contributed by atoms with Gasteiger partial charge < -0.3 is 14.6 Å². The van der Waals surface area contributed by atoms with E-state index >= 15 is 0 Å². The molecule has 0 radical (unpaired) electrons. The summed E-state index contributed by atoms with van der Waals surface area (Å²) in [7, 11) is 3.11. The molecule has 0 bridgehead atoms. The van der Waals surface area contributed by atoms with Gasteiger partial charge in [0.05, 0.1) is 19.8 Å². The molecule has 2 aromatic carbocycles. The van der Waals surface area contributed by atoms with E-state index in [0.29, 0.717) is 22.7 Å². The molecule has 1 aromatic heterocycles. The lowest BCUT2D eigenvalue weighted by Gasteiger charge is -2.24. The van der Waals surface area contributed by atoms with Crippen molar-refractivity contribution in [2.45, 2.75) is 13.0 Å². The average molecular weight is 436 g/mol. The van der Waals surface area contributed by atoms with Gasteiger partial charge in [-0.1, -0.05) is 12.1 Å². The number of carbonyl (C=O) groups excluding carboxylic acids is 2. The Morgan fingerprint density at radius 1 is 1.03 bits per heavy atom. The van der Waals surface area contributed by atoms with Crippen LogP contribution in [0.25, 0.3) is 5.76 Å². The second kappa shape index (κ2) is 8.28. The Bertz CT molecular complexity index is 1180. The average Bonchev–Trinajstić information content (AvgIpc) is 3.40. The van der Waals surface area contributed by atoms with Gasteiger partial charge in [-0.2, -0.15) is 0 Å². The molecule has 158 valence electrons. The van der Waals surface area contributed by atoms with Gasteiger partial charge in [0, 0.05) is 22.2 Å². The van der Waals surface area contributed by atoms with E-state index in [1.807, 2.05) is 24.4 Å². The third-order valence-electron chi connectivity index (χ3n) is 5.26. The first-order valence-corrected chi connectivity index (χ1v) is 10.5. The van der Waals surface area contributed by atoms with Gasteiger partial charge in [-0.05, 0) is 54.3 Å². The lowest BCUT2D eigenvalue weighted by Crippen LogP contribution is -2.29. The van der Waals surface area contributed by atoms with Gasteiger partial charge >= 0.3 is 0 Å². The number of aliphatic hydroxyl groups excluding tert-OH is 1. The summed E-state index contributed by atoms with van der Waals surface area (Å²) in [5, 5.41) is 13.0. The van der Waals surface area contributed by atoms with Gasteiger partial charge in [0.25, 0.3) is 11.7 Å². The fraction of sp³-hybridized carbons (Fsp3) is 0.167. The highest BCUT2D eigenvalue weighted by Gasteiger charge is 2.47. The van der Waals surface area contributed by atoms with Crippen molar-refractivity contribution in [1.82, 2.24) is 0 Å². The Morgan fingerprint density at radius 2 is 1.84 bits per heavy atom. The number of benzene rings is 2. The van der Waals surface area contributed by atoms with Crippen molar-refractivity contribution >= 4 is 34.5 Å². The number of aliphatic hydroxyl groups is 1. The van der Waals surface area contributed by atoms with Crippen molar-refractivity contribution < 1.29 is 24.2 Å². The number of rotatable bonds is 5.